The van der Waals surface area contributed by atoms with Crippen molar-refractivity contribution in [2.24, 2.45) is 0 Å². The summed E-state index contributed by atoms with van der Waals surface area (Å²) in [6, 6.07) is 0. The quantitative estimate of drug-likeness (QED) is 0.180. The van der Waals surface area contributed by atoms with E-state index in [2.05, 4.69) is 47.9 Å². The van der Waals surface area contributed by atoms with Crippen molar-refractivity contribution < 1.29 is 4.57 Å². The highest BCUT2D eigenvalue weighted by Crippen LogP contribution is 2.10. The van der Waals surface area contributed by atoms with Crippen molar-refractivity contribution in [3.8, 4) is 0 Å². The summed E-state index contributed by atoms with van der Waals surface area (Å²) in [6.07, 6.45) is 29.5. The molecule has 1 heterocycles. The first-order valence-corrected chi connectivity index (χ1v) is 11.1. The van der Waals surface area contributed by atoms with Gasteiger partial charge in [-0.2, -0.15) is 0 Å². The third kappa shape index (κ3) is 12.0. The number of aromatic amines is 1. The number of hydrogen-bond donors (Lipinski definition) is 1. The molecule has 0 amide bonds. The first kappa shape index (κ1) is 22.0. The van der Waals surface area contributed by atoms with E-state index in [1.165, 1.54) is 102 Å². The Balaban J connectivity index is 1.80. The number of aryl methyl sites for hydroxylation is 2. The van der Waals surface area contributed by atoms with Gasteiger partial charge in [0.1, 0.15) is 12.4 Å². The standard InChI is InChI=1S/C23H42N2/c1-3-5-6-7-8-9-10-11-12-13-14-15-16-17-18-19-21-25-22-20-24-23(25)4-2/h11-12,20,22H,3-10,13-19,21H2,1-2H3/p+1. The highest BCUT2D eigenvalue weighted by atomic mass is 15.1. The normalized spacial score (nSPS) is 11.6. The number of H-pyrrole nitrogens is 1. The van der Waals surface area contributed by atoms with Crippen LogP contribution in [0.3, 0.4) is 0 Å². The van der Waals surface area contributed by atoms with Crippen LogP contribution in [0.15, 0.2) is 24.5 Å². The summed E-state index contributed by atoms with van der Waals surface area (Å²) in [5.74, 6) is 1.35. The average molecular weight is 348 g/mol. The summed E-state index contributed by atoms with van der Waals surface area (Å²) in [6.45, 7) is 5.67. The van der Waals surface area contributed by atoms with Crippen LogP contribution in [0, 0.1) is 0 Å². The number of rotatable bonds is 17. The third-order valence-corrected chi connectivity index (χ3v) is 5.10. The zero-order chi connectivity index (χ0) is 18.0. The second-order valence-corrected chi connectivity index (χ2v) is 7.39. The molecule has 0 unspecified atom stereocenters. The maximum absolute atomic E-state index is 3.32. The molecule has 0 radical (unpaired) electrons. The van der Waals surface area contributed by atoms with Crippen molar-refractivity contribution in [2.75, 3.05) is 0 Å². The van der Waals surface area contributed by atoms with Crippen LogP contribution in [0.4, 0.5) is 0 Å². The number of allylic oxidation sites excluding steroid dienone is 2. The lowest BCUT2D eigenvalue weighted by atomic mass is 10.1. The Labute approximate surface area is 157 Å². The van der Waals surface area contributed by atoms with E-state index in [1.807, 2.05) is 0 Å². The molecule has 144 valence electrons. The van der Waals surface area contributed by atoms with E-state index in [4.69, 9.17) is 0 Å². The van der Waals surface area contributed by atoms with Crippen molar-refractivity contribution in [3.63, 3.8) is 0 Å². The summed E-state index contributed by atoms with van der Waals surface area (Å²) >= 11 is 0. The van der Waals surface area contributed by atoms with Crippen molar-refractivity contribution >= 4 is 0 Å². The second-order valence-electron chi connectivity index (χ2n) is 7.39. The number of nitrogens with zero attached hydrogens (tertiary/aromatic N) is 1. The van der Waals surface area contributed by atoms with Gasteiger partial charge in [0.15, 0.2) is 0 Å². The van der Waals surface area contributed by atoms with E-state index in [0.717, 1.165) is 6.42 Å². The van der Waals surface area contributed by atoms with E-state index in [0.29, 0.717) is 0 Å². The zero-order valence-electron chi connectivity index (χ0n) is 17.1. The Hall–Kier alpha value is -1.05. The van der Waals surface area contributed by atoms with E-state index in [9.17, 15) is 0 Å². The molecule has 0 saturated carbocycles. The first-order chi connectivity index (χ1) is 12.4. The van der Waals surface area contributed by atoms with Gasteiger partial charge in [-0.3, -0.25) is 0 Å². The molecule has 0 fully saturated rings. The van der Waals surface area contributed by atoms with Crippen LogP contribution in [0.1, 0.15) is 110 Å². The molecule has 2 heteroatoms. The van der Waals surface area contributed by atoms with E-state index in [-0.39, 0.29) is 0 Å². The molecule has 0 aliphatic carbocycles. The Bertz CT molecular complexity index is 419. The van der Waals surface area contributed by atoms with Crippen LogP contribution in [0.25, 0.3) is 0 Å². The fourth-order valence-electron chi connectivity index (χ4n) is 3.44. The average Bonchev–Trinajstić information content (AvgIpc) is 3.09. The van der Waals surface area contributed by atoms with Crippen LogP contribution < -0.4 is 4.57 Å². The van der Waals surface area contributed by atoms with Gasteiger partial charge in [0.25, 0.3) is 5.82 Å². The van der Waals surface area contributed by atoms with Crippen LogP contribution in [0.5, 0.6) is 0 Å². The summed E-state index contributed by atoms with van der Waals surface area (Å²) in [4.78, 5) is 3.32. The Morgan fingerprint density at radius 1 is 0.760 bits per heavy atom. The first-order valence-electron chi connectivity index (χ1n) is 11.1. The topological polar surface area (TPSA) is 19.7 Å². The summed E-state index contributed by atoms with van der Waals surface area (Å²) < 4.78 is 2.37. The highest BCUT2D eigenvalue weighted by molar-refractivity contribution is 4.81. The van der Waals surface area contributed by atoms with Gasteiger partial charge in [0.05, 0.1) is 6.54 Å². The highest BCUT2D eigenvalue weighted by Gasteiger charge is 2.06. The van der Waals surface area contributed by atoms with Gasteiger partial charge in [0, 0.05) is 6.42 Å². The molecule has 1 aromatic heterocycles. The Kier molecular flexibility index (Phi) is 14.4. The minimum Gasteiger partial charge on any atom is -0.248 e. The molecule has 0 atom stereocenters. The molecule has 0 aliphatic rings. The van der Waals surface area contributed by atoms with Crippen molar-refractivity contribution in [3.05, 3.63) is 30.4 Å². The monoisotopic (exact) mass is 347 g/mol. The largest absolute Gasteiger partial charge is 0.253 e. The smallest absolute Gasteiger partial charge is 0.248 e. The van der Waals surface area contributed by atoms with Crippen LogP contribution >= 0.6 is 0 Å². The van der Waals surface area contributed by atoms with Crippen molar-refractivity contribution in [1.82, 2.24) is 4.98 Å². The molecule has 0 bridgehead atoms. The van der Waals surface area contributed by atoms with Gasteiger partial charge < -0.3 is 0 Å². The minimum absolute atomic E-state index is 1.10. The van der Waals surface area contributed by atoms with Crippen LogP contribution in [0.2, 0.25) is 0 Å². The fraction of sp³-hybridized carbons (Fsp3) is 0.783. The van der Waals surface area contributed by atoms with Gasteiger partial charge in [-0.1, -0.05) is 77.4 Å². The number of unbranched alkanes of at least 4 members (excludes halogenated alkanes) is 12. The zero-order valence-corrected chi connectivity index (χ0v) is 17.1. The number of nitrogens with one attached hydrogen (secondary N) is 1. The second kappa shape index (κ2) is 16.4. The summed E-state index contributed by atoms with van der Waals surface area (Å²) in [7, 11) is 0. The summed E-state index contributed by atoms with van der Waals surface area (Å²) in [5.41, 5.74) is 0. The maximum atomic E-state index is 3.32. The molecule has 1 aromatic rings. The molecule has 0 spiro atoms. The van der Waals surface area contributed by atoms with Crippen LogP contribution in [-0.4, -0.2) is 4.98 Å². The van der Waals surface area contributed by atoms with Gasteiger partial charge >= 0.3 is 0 Å². The SMILES string of the molecule is CCCCCCCCC=CCCCCCCCC[n+]1cc[nH]c1CC. The van der Waals surface area contributed by atoms with Crippen molar-refractivity contribution in [2.45, 2.75) is 117 Å². The van der Waals surface area contributed by atoms with Gasteiger partial charge in [-0.15, -0.1) is 0 Å². The number of imidazole rings is 1. The lowest BCUT2D eigenvalue weighted by Gasteiger charge is -2.01. The fourth-order valence-corrected chi connectivity index (χ4v) is 3.44. The number of hydrogen-bond acceptors (Lipinski definition) is 0. The lowest BCUT2D eigenvalue weighted by Crippen LogP contribution is -2.35. The molecule has 25 heavy (non-hydrogen) atoms. The van der Waals surface area contributed by atoms with E-state index in [1.54, 1.807) is 0 Å². The van der Waals surface area contributed by atoms with Gasteiger partial charge in [0.2, 0.25) is 0 Å². The molecular formula is C23H43N2+. The lowest BCUT2D eigenvalue weighted by molar-refractivity contribution is -0.703. The summed E-state index contributed by atoms with van der Waals surface area (Å²) in [5, 5.41) is 0. The van der Waals surface area contributed by atoms with E-state index >= 15 is 0 Å². The number of aromatic nitrogens is 2. The van der Waals surface area contributed by atoms with Gasteiger partial charge in [-0.05, 0) is 38.5 Å². The third-order valence-electron chi connectivity index (χ3n) is 5.10. The molecule has 1 N–H and O–H groups in total. The predicted octanol–water partition coefficient (Wildman–Crippen LogP) is 6.90. The molecular weight excluding hydrogens is 304 g/mol. The molecule has 1 rings (SSSR count). The molecule has 0 saturated heterocycles. The maximum Gasteiger partial charge on any atom is 0.253 e. The molecule has 0 aliphatic heterocycles. The van der Waals surface area contributed by atoms with Crippen molar-refractivity contribution in [1.29, 1.82) is 0 Å². The molecule has 0 aromatic carbocycles. The van der Waals surface area contributed by atoms with Crippen LogP contribution in [-0.2, 0) is 13.0 Å². The Morgan fingerprint density at radius 2 is 1.32 bits per heavy atom. The van der Waals surface area contributed by atoms with Gasteiger partial charge in [-0.25, -0.2) is 9.55 Å². The molecule has 2 nitrogen and oxygen atoms in total. The van der Waals surface area contributed by atoms with E-state index < -0.39 is 0 Å². The predicted molar refractivity (Wildman–Crippen MR) is 110 cm³/mol. The minimum atomic E-state index is 1.10. The Morgan fingerprint density at radius 3 is 1.92 bits per heavy atom.